The lowest BCUT2D eigenvalue weighted by molar-refractivity contribution is 0.228. The largest absolute Gasteiger partial charge is 0.494 e. The maximum Gasteiger partial charge on any atom is 0.119 e. The summed E-state index contributed by atoms with van der Waals surface area (Å²) in [5, 5.41) is 0. The van der Waals surface area contributed by atoms with Crippen LogP contribution in [0.2, 0.25) is 0 Å². The standard InChI is InChI=1S/C36H62O/c1-3-5-7-9-11-14-32-16-18-33(19-17-32)15-12-30-37-36-28-26-35(27-29-36)25-24-34-22-20-31(21-23-34)13-10-8-6-4-2/h26-29,31-34H,3-25,30H2,1-2H3/t31-,32-,33-,34-. The van der Waals surface area contributed by atoms with Gasteiger partial charge < -0.3 is 4.74 Å². The molecule has 0 aliphatic heterocycles. The van der Waals surface area contributed by atoms with Crippen LogP contribution < -0.4 is 4.74 Å². The average molecular weight is 511 g/mol. The fourth-order valence-electron chi connectivity index (χ4n) is 7.20. The summed E-state index contributed by atoms with van der Waals surface area (Å²) in [6.07, 6.45) is 32.9. The van der Waals surface area contributed by atoms with Crippen LogP contribution in [0.1, 0.15) is 161 Å². The van der Waals surface area contributed by atoms with Gasteiger partial charge in [-0.15, -0.1) is 0 Å². The van der Waals surface area contributed by atoms with E-state index in [4.69, 9.17) is 4.74 Å². The summed E-state index contributed by atoms with van der Waals surface area (Å²) in [5.41, 5.74) is 1.50. The summed E-state index contributed by atoms with van der Waals surface area (Å²) in [5.74, 6) is 5.05. The zero-order valence-electron chi connectivity index (χ0n) is 25.0. The number of benzene rings is 1. The SMILES string of the molecule is CCCCCCC[C@H]1CC[C@H](CCCOc2ccc(CC[C@H]3CC[C@H](CCCCCC)CC3)cc2)CC1. The van der Waals surface area contributed by atoms with Crippen molar-refractivity contribution in [2.75, 3.05) is 6.61 Å². The van der Waals surface area contributed by atoms with Crippen LogP contribution in [0, 0.1) is 23.7 Å². The van der Waals surface area contributed by atoms with E-state index in [1.807, 2.05) is 0 Å². The third kappa shape index (κ3) is 13.1. The molecule has 0 N–H and O–H groups in total. The number of hydrogen-bond acceptors (Lipinski definition) is 1. The zero-order chi connectivity index (χ0) is 26.0. The third-order valence-corrected chi connectivity index (χ3v) is 9.90. The van der Waals surface area contributed by atoms with Crippen LogP contribution in [-0.4, -0.2) is 6.61 Å². The van der Waals surface area contributed by atoms with E-state index in [-0.39, 0.29) is 0 Å². The zero-order valence-corrected chi connectivity index (χ0v) is 25.0. The van der Waals surface area contributed by atoms with Crippen LogP contribution >= 0.6 is 0 Å². The molecule has 212 valence electrons. The molecule has 0 aromatic heterocycles. The Balaban J connectivity index is 1.18. The van der Waals surface area contributed by atoms with Crippen molar-refractivity contribution in [3.63, 3.8) is 0 Å². The quantitative estimate of drug-likeness (QED) is 0.168. The van der Waals surface area contributed by atoms with Crippen LogP contribution in [-0.2, 0) is 6.42 Å². The summed E-state index contributed by atoms with van der Waals surface area (Å²) in [6, 6.07) is 9.07. The highest BCUT2D eigenvalue weighted by atomic mass is 16.5. The van der Waals surface area contributed by atoms with Gasteiger partial charge in [0.1, 0.15) is 5.75 Å². The van der Waals surface area contributed by atoms with Crippen molar-refractivity contribution >= 4 is 0 Å². The van der Waals surface area contributed by atoms with E-state index in [0.29, 0.717) is 0 Å². The first kappa shape index (κ1) is 30.6. The Morgan fingerprint density at radius 1 is 0.514 bits per heavy atom. The minimum atomic E-state index is 0.887. The van der Waals surface area contributed by atoms with Crippen molar-refractivity contribution in [2.45, 2.75) is 162 Å². The van der Waals surface area contributed by atoms with Crippen LogP contribution in [0.4, 0.5) is 0 Å². The molecule has 1 nitrogen and oxygen atoms in total. The Bertz CT molecular complexity index is 648. The first-order valence-electron chi connectivity index (χ1n) is 17.0. The van der Waals surface area contributed by atoms with Gasteiger partial charge in [-0.25, -0.2) is 0 Å². The van der Waals surface area contributed by atoms with Gasteiger partial charge in [-0.3, -0.25) is 0 Å². The Hall–Kier alpha value is -0.980. The summed E-state index contributed by atoms with van der Waals surface area (Å²) in [7, 11) is 0. The highest BCUT2D eigenvalue weighted by molar-refractivity contribution is 5.27. The van der Waals surface area contributed by atoms with Gasteiger partial charge >= 0.3 is 0 Å². The van der Waals surface area contributed by atoms with Gasteiger partial charge in [0.15, 0.2) is 0 Å². The maximum absolute atomic E-state index is 6.11. The summed E-state index contributed by atoms with van der Waals surface area (Å²) in [4.78, 5) is 0. The highest BCUT2D eigenvalue weighted by Gasteiger charge is 2.21. The number of rotatable bonds is 19. The molecule has 0 unspecified atom stereocenters. The molecular weight excluding hydrogens is 448 g/mol. The molecule has 0 bridgehead atoms. The lowest BCUT2D eigenvalue weighted by Crippen LogP contribution is -2.15. The molecule has 0 atom stereocenters. The molecule has 0 radical (unpaired) electrons. The Morgan fingerprint density at radius 2 is 0.946 bits per heavy atom. The molecule has 1 aromatic rings. The first-order valence-corrected chi connectivity index (χ1v) is 17.0. The van der Waals surface area contributed by atoms with Gasteiger partial charge in [-0.2, -0.15) is 0 Å². The predicted molar refractivity (Wildman–Crippen MR) is 163 cm³/mol. The van der Waals surface area contributed by atoms with Crippen molar-refractivity contribution in [3.8, 4) is 5.75 Å². The molecule has 2 aliphatic rings. The molecule has 0 saturated heterocycles. The average Bonchev–Trinajstić information content (AvgIpc) is 2.94. The predicted octanol–water partition coefficient (Wildman–Crippen LogP) is 11.7. The molecule has 1 aromatic carbocycles. The van der Waals surface area contributed by atoms with Gasteiger partial charge in [-0.1, -0.05) is 148 Å². The molecule has 0 amide bonds. The molecule has 2 saturated carbocycles. The number of unbranched alkanes of at least 4 members (excludes halogenated alkanes) is 7. The summed E-state index contributed by atoms with van der Waals surface area (Å²) >= 11 is 0. The topological polar surface area (TPSA) is 9.23 Å². The van der Waals surface area contributed by atoms with E-state index >= 15 is 0 Å². The van der Waals surface area contributed by atoms with E-state index in [1.54, 1.807) is 0 Å². The monoisotopic (exact) mass is 510 g/mol. The van der Waals surface area contributed by atoms with Crippen LogP contribution in [0.5, 0.6) is 5.75 Å². The second kappa shape index (κ2) is 19.1. The number of aryl methyl sites for hydroxylation is 1. The van der Waals surface area contributed by atoms with Crippen LogP contribution in [0.3, 0.4) is 0 Å². The van der Waals surface area contributed by atoms with Gasteiger partial charge in [-0.05, 0) is 67.1 Å². The van der Waals surface area contributed by atoms with Crippen molar-refractivity contribution in [1.82, 2.24) is 0 Å². The van der Waals surface area contributed by atoms with Gasteiger partial charge in [0.05, 0.1) is 6.61 Å². The smallest absolute Gasteiger partial charge is 0.119 e. The lowest BCUT2D eigenvalue weighted by atomic mass is 9.78. The molecule has 0 spiro atoms. The lowest BCUT2D eigenvalue weighted by Gasteiger charge is -2.28. The van der Waals surface area contributed by atoms with Gasteiger partial charge in [0.25, 0.3) is 0 Å². The Morgan fingerprint density at radius 3 is 1.46 bits per heavy atom. The number of ether oxygens (including phenoxy) is 1. The molecule has 0 heterocycles. The third-order valence-electron chi connectivity index (χ3n) is 9.90. The van der Waals surface area contributed by atoms with Crippen molar-refractivity contribution in [3.05, 3.63) is 29.8 Å². The summed E-state index contributed by atoms with van der Waals surface area (Å²) in [6.45, 7) is 5.51. The van der Waals surface area contributed by atoms with E-state index in [1.165, 1.54) is 153 Å². The molecule has 2 aliphatic carbocycles. The fraction of sp³-hybridized carbons (Fsp3) is 0.833. The van der Waals surface area contributed by atoms with E-state index in [0.717, 1.165) is 36.0 Å². The van der Waals surface area contributed by atoms with Crippen LogP contribution in [0.15, 0.2) is 24.3 Å². The molecule has 37 heavy (non-hydrogen) atoms. The second-order valence-electron chi connectivity index (χ2n) is 13.0. The normalized spacial score (nSPS) is 24.3. The van der Waals surface area contributed by atoms with Crippen molar-refractivity contribution < 1.29 is 4.74 Å². The minimum absolute atomic E-state index is 0.887. The molecular formula is C36H62O. The molecule has 3 rings (SSSR count). The summed E-state index contributed by atoms with van der Waals surface area (Å²) < 4.78 is 6.11. The van der Waals surface area contributed by atoms with E-state index in [9.17, 15) is 0 Å². The number of hydrogen-bond donors (Lipinski definition) is 0. The van der Waals surface area contributed by atoms with Crippen molar-refractivity contribution in [2.24, 2.45) is 23.7 Å². The Kier molecular flexibility index (Phi) is 15.8. The fourth-order valence-corrected chi connectivity index (χ4v) is 7.20. The van der Waals surface area contributed by atoms with Crippen molar-refractivity contribution in [1.29, 1.82) is 0 Å². The molecule has 2 fully saturated rings. The Labute approximate surface area is 231 Å². The van der Waals surface area contributed by atoms with Gasteiger partial charge in [0, 0.05) is 0 Å². The highest BCUT2D eigenvalue weighted by Crippen LogP contribution is 2.35. The van der Waals surface area contributed by atoms with E-state index < -0.39 is 0 Å². The minimum Gasteiger partial charge on any atom is -0.494 e. The molecule has 1 heteroatoms. The van der Waals surface area contributed by atoms with Gasteiger partial charge in [0.2, 0.25) is 0 Å². The van der Waals surface area contributed by atoms with E-state index in [2.05, 4.69) is 38.1 Å². The first-order chi connectivity index (χ1) is 18.3. The van der Waals surface area contributed by atoms with Crippen LogP contribution in [0.25, 0.3) is 0 Å². The maximum atomic E-state index is 6.11. The second-order valence-corrected chi connectivity index (χ2v) is 13.0.